The van der Waals surface area contributed by atoms with Crippen LogP contribution >= 0.6 is 0 Å². The van der Waals surface area contributed by atoms with Gasteiger partial charge in [0.25, 0.3) is 0 Å². The van der Waals surface area contributed by atoms with Gasteiger partial charge in [0.05, 0.1) is 0 Å². The van der Waals surface area contributed by atoms with Crippen LogP contribution in [0, 0.1) is 0 Å². The number of halogens is 1. The maximum absolute atomic E-state index is 13.9. The van der Waals surface area contributed by atoms with E-state index in [1.165, 1.54) is 5.56 Å². The molecule has 0 spiro atoms. The predicted molar refractivity (Wildman–Crippen MR) is 56.1 cm³/mol. The number of aryl methyl sites for hydroxylation is 1. The van der Waals surface area contributed by atoms with Crippen LogP contribution in [0.25, 0.3) is 0 Å². The quantitative estimate of drug-likeness (QED) is 0.777. The Morgan fingerprint density at radius 2 is 1.93 bits per heavy atom. The minimum absolute atomic E-state index is 0.458. The van der Waals surface area contributed by atoms with Crippen molar-refractivity contribution in [3.8, 4) is 0 Å². The number of hydrogen-bond acceptors (Lipinski definition) is 1. The monoisotopic (exact) mass is 193 g/mol. The summed E-state index contributed by atoms with van der Waals surface area (Å²) in [5, 5.41) is 2.96. The molecule has 1 saturated heterocycles. The highest BCUT2D eigenvalue weighted by molar-refractivity contribution is 5.30. The molecule has 1 aromatic rings. The van der Waals surface area contributed by atoms with E-state index in [-0.39, 0.29) is 0 Å². The third kappa shape index (κ3) is 1.67. The molecule has 2 heteroatoms. The van der Waals surface area contributed by atoms with Crippen molar-refractivity contribution in [3.05, 3.63) is 35.4 Å². The van der Waals surface area contributed by atoms with Crippen molar-refractivity contribution in [1.82, 2.24) is 5.32 Å². The molecule has 1 heterocycles. The van der Waals surface area contributed by atoms with Crippen molar-refractivity contribution in [2.75, 3.05) is 13.1 Å². The average Bonchev–Trinajstić information content (AvgIpc) is 2.16. The molecule has 0 bridgehead atoms. The Hall–Kier alpha value is -0.890. The first-order chi connectivity index (χ1) is 6.74. The van der Waals surface area contributed by atoms with Crippen molar-refractivity contribution in [3.63, 3.8) is 0 Å². The van der Waals surface area contributed by atoms with E-state index in [9.17, 15) is 4.39 Å². The van der Waals surface area contributed by atoms with Gasteiger partial charge in [-0.3, -0.25) is 0 Å². The maximum atomic E-state index is 13.9. The van der Waals surface area contributed by atoms with Crippen LogP contribution in [0.2, 0.25) is 0 Å². The zero-order valence-corrected chi connectivity index (χ0v) is 8.52. The molecule has 0 aromatic heterocycles. The predicted octanol–water partition coefficient (Wildman–Crippen LogP) is 2.41. The van der Waals surface area contributed by atoms with Crippen molar-refractivity contribution >= 4 is 0 Å². The Bertz CT molecular complexity index is 301. The van der Waals surface area contributed by atoms with Gasteiger partial charge in [-0.25, -0.2) is 4.39 Å². The molecule has 1 fully saturated rings. The van der Waals surface area contributed by atoms with Crippen molar-refractivity contribution in [2.24, 2.45) is 0 Å². The van der Waals surface area contributed by atoms with Gasteiger partial charge in [-0.05, 0) is 17.5 Å². The topological polar surface area (TPSA) is 12.0 Å². The molecule has 0 unspecified atom stereocenters. The second kappa shape index (κ2) is 3.70. The fraction of sp³-hybridized carbons (Fsp3) is 0.500. The number of alkyl halides is 1. The van der Waals surface area contributed by atoms with Gasteiger partial charge in [0.15, 0.2) is 5.67 Å². The minimum atomic E-state index is -1.11. The molecule has 0 radical (unpaired) electrons. The minimum Gasteiger partial charge on any atom is -0.310 e. The Kier molecular flexibility index (Phi) is 2.55. The summed E-state index contributed by atoms with van der Waals surface area (Å²) in [4.78, 5) is 0. The molecule has 1 aromatic carbocycles. The van der Waals surface area contributed by atoms with Gasteiger partial charge in [0, 0.05) is 13.1 Å². The molecule has 14 heavy (non-hydrogen) atoms. The molecule has 2 rings (SSSR count). The third-order valence-corrected chi connectivity index (χ3v) is 2.82. The first-order valence-corrected chi connectivity index (χ1v) is 5.24. The van der Waals surface area contributed by atoms with E-state index in [1.807, 2.05) is 24.3 Å². The average molecular weight is 193 g/mol. The normalized spacial score (nSPS) is 19.0. The van der Waals surface area contributed by atoms with Crippen LogP contribution in [-0.4, -0.2) is 13.1 Å². The number of rotatable bonds is 3. The van der Waals surface area contributed by atoms with E-state index in [1.54, 1.807) is 0 Å². The Labute approximate surface area is 84.3 Å². The van der Waals surface area contributed by atoms with Crippen LogP contribution in [-0.2, 0) is 12.1 Å². The summed E-state index contributed by atoms with van der Waals surface area (Å²) in [6.45, 7) is 3.07. The van der Waals surface area contributed by atoms with Crippen LogP contribution in [0.15, 0.2) is 24.3 Å². The Morgan fingerprint density at radius 3 is 2.36 bits per heavy atom. The van der Waals surface area contributed by atoms with Gasteiger partial charge in [0.1, 0.15) is 0 Å². The Balaban J connectivity index is 2.13. The lowest BCUT2D eigenvalue weighted by Gasteiger charge is -2.35. The van der Waals surface area contributed by atoms with Crippen molar-refractivity contribution < 1.29 is 4.39 Å². The van der Waals surface area contributed by atoms with Crippen molar-refractivity contribution in [2.45, 2.75) is 25.4 Å². The molecule has 1 N–H and O–H groups in total. The highest BCUT2D eigenvalue weighted by Gasteiger charge is 2.38. The van der Waals surface area contributed by atoms with E-state index >= 15 is 0 Å². The lowest BCUT2D eigenvalue weighted by atomic mass is 9.89. The summed E-state index contributed by atoms with van der Waals surface area (Å²) in [7, 11) is 0. The maximum Gasteiger partial charge on any atom is 0.160 e. The fourth-order valence-corrected chi connectivity index (χ4v) is 1.81. The van der Waals surface area contributed by atoms with Crippen molar-refractivity contribution in [1.29, 1.82) is 0 Å². The summed E-state index contributed by atoms with van der Waals surface area (Å²) in [5.74, 6) is 0. The lowest BCUT2D eigenvalue weighted by Crippen LogP contribution is -2.53. The number of nitrogens with one attached hydrogen (secondary N) is 1. The third-order valence-electron chi connectivity index (χ3n) is 2.82. The van der Waals surface area contributed by atoms with E-state index in [4.69, 9.17) is 0 Å². The van der Waals surface area contributed by atoms with Gasteiger partial charge < -0.3 is 5.32 Å². The molecule has 0 aliphatic carbocycles. The van der Waals surface area contributed by atoms with Gasteiger partial charge in [0.2, 0.25) is 0 Å². The molecular weight excluding hydrogens is 177 g/mol. The smallest absolute Gasteiger partial charge is 0.160 e. The summed E-state index contributed by atoms with van der Waals surface area (Å²) in [6, 6.07) is 7.93. The molecule has 0 saturated carbocycles. The van der Waals surface area contributed by atoms with Crippen LogP contribution in [0.5, 0.6) is 0 Å². The highest BCUT2D eigenvalue weighted by atomic mass is 19.1. The lowest BCUT2D eigenvalue weighted by molar-refractivity contribution is 0.0891. The first-order valence-electron chi connectivity index (χ1n) is 5.24. The van der Waals surface area contributed by atoms with E-state index < -0.39 is 5.67 Å². The largest absolute Gasteiger partial charge is 0.310 e. The summed E-state index contributed by atoms with van der Waals surface area (Å²) >= 11 is 0. The fourth-order valence-electron chi connectivity index (χ4n) is 1.81. The van der Waals surface area contributed by atoms with Gasteiger partial charge in [-0.1, -0.05) is 37.6 Å². The second-order valence-electron chi connectivity index (χ2n) is 4.02. The molecule has 0 atom stereocenters. The van der Waals surface area contributed by atoms with Crippen LogP contribution in [0.4, 0.5) is 4.39 Å². The molecule has 1 aliphatic rings. The van der Waals surface area contributed by atoms with Crippen LogP contribution in [0.3, 0.4) is 0 Å². The highest BCUT2D eigenvalue weighted by Crippen LogP contribution is 2.30. The summed E-state index contributed by atoms with van der Waals surface area (Å²) < 4.78 is 13.9. The molecule has 76 valence electrons. The van der Waals surface area contributed by atoms with E-state index in [0.717, 1.165) is 18.4 Å². The van der Waals surface area contributed by atoms with Gasteiger partial charge in [-0.2, -0.15) is 0 Å². The zero-order valence-electron chi connectivity index (χ0n) is 8.52. The van der Waals surface area contributed by atoms with Crippen LogP contribution < -0.4 is 5.32 Å². The molecule has 1 aliphatic heterocycles. The SMILES string of the molecule is CCCc1ccc(C2(F)CNC2)cc1. The van der Waals surface area contributed by atoms with E-state index in [2.05, 4.69) is 12.2 Å². The number of hydrogen-bond donors (Lipinski definition) is 1. The first kappa shape index (κ1) is 9.66. The van der Waals surface area contributed by atoms with E-state index in [0.29, 0.717) is 13.1 Å². The van der Waals surface area contributed by atoms with Gasteiger partial charge in [-0.15, -0.1) is 0 Å². The molecule has 0 amide bonds. The molecular formula is C12H16FN. The molecule has 1 nitrogen and oxygen atoms in total. The standard InChI is InChI=1S/C12H16FN/c1-2-3-10-4-6-11(7-5-10)12(13)8-14-9-12/h4-7,14H,2-3,8-9H2,1H3. The summed E-state index contributed by atoms with van der Waals surface area (Å²) in [6.07, 6.45) is 2.22. The Morgan fingerprint density at radius 1 is 1.29 bits per heavy atom. The van der Waals surface area contributed by atoms with Crippen LogP contribution in [0.1, 0.15) is 24.5 Å². The van der Waals surface area contributed by atoms with Gasteiger partial charge >= 0.3 is 0 Å². The summed E-state index contributed by atoms with van der Waals surface area (Å²) in [5.41, 5.74) is 1.01. The zero-order chi connectivity index (χ0) is 10.0. The number of benzene rings is 1. The second-order valence-corrected chi connectivity index (χ2v) is 4.02.